The van der Waals surface area contributed by atoms with Crippen molar-refractivity contribution in [1.82, 2.24) is 9.80 Å². The molecule has 0 radical (unpaired) electrons. The Balaban J connectivity index is 1.50. The molecule has 1 aromatic rings. The van der Waals surface area contributed by atoms with Crippen LogP contribution in [0.4, 0.5) is 4.39 Å². The molecule has 11 heteroatoms. The average Bonchev–Trinajstić information content (AvgIpc) is 3.23. The fraction of sp³-hybridized carbons (Fsp3) is 0.519. The second-order valence-electron chi connectivity index (χ2n) is 11.4. The molecular formula is C27H30FN3O7. The number of carbonyl (C=O) groups is 3. The number of ketones is 2. The third-order valence-corrected chi connectivity index (χ3v) is 9.35. The standard InChI is InChI=1S/C27H30FN3O7/c1-30(2)20-15-7-10-6-12-17(21(32)14-9-31(11-4-3-5-11)8-13(14)19(12)28)22(33)16(10)24(35)27(15,38)25(36)18(23(20)34)26(29)37/h10-11,15,20,32,34-35,38H,3-9H2,1-2H3,(H2,29,37)/t10-,15-,20-,27-/m0/s1. The zero-order chi connectivity index (χ0) is 27.4. The van der Waals surface area contributed by atoms with Crippen LogP contribution in [0, 0.1) is 17.7 Å². The maximum atomic E-state index is 15.9. The molecule has 10 nitrogen and oxygen atoms in total. The quantitative estimate of drug-likeness (QED) is 0.362. The Labute approximate surface area is 217 Å². The number of fused-ring (bicyclic) bond motifs is 4. The van der Waals surface area contributed by atoms with Crippen LogP contribution in [0.3, 0.4) is 0 Å². The van der Waals surface area contributed by atoms with Crippen LogP contribution in [0.25, 0.3) is 0 Å². The highest BCUT2D eigenvalue weighted by Crippen LogP contribution is 2.53. The van der Waals surface area contributed by atoms with Gasteiger partial charge in [-0.2, -0.15) is 0 Å². The second kappa shape index (κ2) is 8.11. The van der Waals surface area contributed by atoms with Crippen molar-refractivity contribution in [1.29, 1.82) is 0 Å². The van der Waals surface area contributed by atoms with Crippen LogP contribution >= 0.6 is 0 Å². The minimum Gasteiger partial charge on any atom is -0.510 e. The van der Waals surface area contributed by atoms with Crippen molar-refractivity contribution >= 4 is 17.5 Å². The number of primary amides is 1. The minimum atomic E-state index is -2.71. The number of hydrogen-bond acceptors (Lipinski definition) is 9. The smallest absolute Gasteiger partial charge is 0.255 e. The maximum Gasteiger partial charge on any atom is 0.255 e. The van der Waals surface area contributed by atoms with Crippen LogP contribution in [0.5, 0.6) is 5.75 Å². The number of aliphatic hydroxyl groups excluding tert-OH is 2. The highest BCUT2D eigenvalue weighted by molar-refractivity contribution is 6.24. The molecule has 1 fully saturated rings. The molecule has 0 saturated heterocycles. The lowest BCUT2D eigenvalue weighted by Gasteiger charge is -2.50. The van der Waals surface area contributed by atoms with E-state index >= 15 is 4.39 Å². The van der Waals surface area contributed by atoms with Gasteiger partial charge in [0.05, 0.1) is 11.6 Å². The van der Waals surface area contributed by atoms with E-state index in [-0.39, 0.29) is 35.3 Å². The van der Waals surface area contributed by atoms with Gasteiger partial charge in [-0.15, -0.1) is 0 Å². The Morgan fingerprint density at radius 3 is 2.34 bits per heavy atom. The number of carbonyl (C=O) groups excluding carboxylic acids is 3. The molecule has 0 spiro atoms. The van der Waals surface area contributed by atoms with E-state index in [1.54, 1.807) is 14.1 Å². The highest BCUT2D eigenvalue weighted by atomic mass is 19.1. The number of aromatic hydroxyl groups is 1. The van der Waals surface area contributed by atoms with Crippen molar-refractivity contribution in [2.24, 2.45) is 17.6 Å². The third-order valence-electron chi connectivity index (χ3n) is 9.35. The van der Waals surface area contributed by atoms with Crippen molar-refractivity contribution in [3.8, 4) is 5.75 Å². The van der Waals surface area contributed by atoms with Crippen molar-refractivity contribution in [2.45, 2.75) is 62.9 Å². The molecule has 1 saturated carbocycles. The van der Waals surface area contributed by atoms with E-state index in [2.05, 4.69) is 4.90 Å². The monoisotopic (exact) mass is 527 g/mol. The molecule has 1 aromatic carbocycles. The Morgan fingerprint density at radius 1 is 1.11 bits per heavy atom. The van der Waals surface area contributed by atoms with Crippen molar-refractivity contribution in [3.05, 3.63) is 50.7 Å². The largest absolute Gasteiger partial charge is 0.510 e. The van der Waals surface area contributed by atoms with E-state index in [1.807, 2.05) is 0 Å². The lowest BCUT2D eigenvalue weighted by molar-refractivity contribution is -0.148. The number of phenolic OH excluding ortho intramolecular Hbond substituents is 1. The number of benzene rings is 1. The summed E-state index contributed by atoms with van der Waals surface area (Å²) in [7, 11) is 3.12. The molecule has 1 heterocycles. The van der Waals surface area contributed by atoms with Crippen LogP contribution < -0.4 is 5.73 Å². The van der Waals surface area contributed by atoms with Gasteiger partial charge in [0.1, 0.15) is 28.7 Å². The molecule has 1 aliphatic heterocycles. The number of rotatable bonds is 3. The van der Waals surface area contributed by atoms with Gasteiger partial charge in [-0.3, -0.25) is 24.2 Å². The summed E-state index contributed by atoms with van der Waals surface area (Å²) in [6.45, 7) is 0.645. The maximum absolute atomic E-state index is 15.9. The summed E-state index contributed by atoms with van der Waals surface area (Å²) >= 11 is 0. The van der Waals surface area contributed by atoms with Gasteiger partial charge in [0.25, 0.3) is 5.91 Å². The molecule has 0 bridgehead atoms. The molecular weight excluding hydrogens is 497 g/mol. The van der Waals surface area contributed by atoms with Crippen LogP contribution in [0.15, 0.2) is 22.7 Å². The first-order valence-electron chi connectivity index (χ1n) is 12.8. The molecule has 38 heavy (non-hydrogen) atoms. The molecule has 202 valence electrons. The number of likely N-dealkylation sites (N-methyl/N-ethyl adjacent to an activating group) is 1. The summed E-state index contributed by atoms with van der Waals surface area (Å²) in [5.74, 6) is -7.86. The van der Waals surface area contributed by atoms with Crippen molar-refractivity contribution in [2.75, 3.05) is 14.1 Å². The Kier molecular flexibility index (Phi) is 5.34. The number of Topliss-reactive ketones (excluding diaryl/α,β-unsaturated/α-hetero) is 2. The summed E-state index contributed by atoms with van der Waals surface area (Å²) in [6.07, 6.45) is 2.96. The average molecular weight is 528 g/mol. The van der Waals surface area contributed by atoms with E-state index < -0.39 is 63.9 Å². The van der Waals surface area contributed by atoms with E-state index in [1.165, 1.54) is 4.90 Å². The number of phenols is 1. The Hall–Kier alpha value is -3.28. The fourth-order valence-electron chi connectivity index (χ4n) is 7.25. The zero-order valence-corrected chi connectivity index (χ0v) is 21.1. The van der Waals surface area contributed by atoms with Crippen LogP contribution in [0.1, 0.15) is 52.7 Å². The van der Waals surface area contributed by atoms with Crippen LogP contribution in [-0.4, -0.2) is 79.5 Å². The number of halogens is 1. The zero-order valence-electron chi connectivity index (χ0n) is 21.1. The predicted molar refractivity (Wildman–Crippen MR) is 131 cm³/mol. The van der Waals surface area contributed by atoms with Gasteiger partial charge in [0.15, 0.2) is 11.4 Å². The van der Waals surface area contributed by atoms with Gasteiger partial charge < -0.3 is 26.2 Å². The van der Waals surface area contributed by atoms with Gasteiger partial charge in [0.2, 0.25) is 5.78 Å². The number of nitrogens with two attached hydrogens (primary N) is 1. The lowest BCUT2D eigenvalue weighted by atomic mass is 9.58. The summed E-state index contributed by atoms with van der Waals surface area (Å²) in [6, 6.07) is -0.788. The first-order valence-corrected chi connectivity index (χ1v) is 12.8. The molecule has 0 aromatic heterocycles. The van der Waals surface area contributed by atoms with Gasteiger partial charge in [-0.1, -0.05) is 6.42 Å². The highest BCUT2D eigenvalue weighted by Gasteiger charge is 2.63. The summed E-state index contributed by atoms with van der Waals surface area (Å²) < 4.78 is 15.9. The van der Waals surface area contributed by atoms with Gasteiger partial charge in [0, 0.05) is 47.3 Å². The molecule has 5 aliphatic rings. The summed E-state index contributed by atoms with van der Waals surface area (Å²) in [5, 5.41) is 45.0. The molecule has 1 amide bonds. The number of allylic oxidation sites excluding steroid dienone is 1. The SMILES string of the molecule is CN(C)[C@@H]1C(O)=C(C(N)=O)C(=O)[C@@]2(O)C(O)=C3C(=O)c4c(O)c5c(c(F)c4C[C@H]3C[C@@H]12)CN(C1CCC1)C5. The van der Waals surface area contributed by atoms with E-state index in [0.717, 1.165) is 19.3 Å². The summed E-state index contributed by atoms with van der Waals surface area (Å²) in [4.78, 5) is 42.8. The van der Waals surface area contributed by atoms with Crippen molar-refractivity contribution in [3.63, 3.8) is 0 Å². The van der Waals surface area contributed by atoms with Gasteiger partial charge >= 0.3 is 0 Å². The molecule has 0 unspecified atom stereocenters. The number of nitrogens with zero attached hydrogens (tertiary/aromatic N) is 2. The molecule has 6 rings (SSSR count). The van der Waals surface area contributed by atoms with Crippen molar-refractivity contribution < 1.29 is 39.2 Å². The molecule has 4 atom stereocenters. The minimum absolute atomic E-state index is 0.0508. The number of amides is 1. The first kappa shape index (κ1) is 25.0. The third kappa shape index (κ3) is 3.00. The number of hydrogen-bond donors (Lipinski definition) is 5. The number of aliphatic hydroxyl groups is 3. The topological polar surface area (TPSA) is 165 Å². The molecule has 4 aliphatic carbocycles. The first-order chi connectivity index (χ1) is 17.9. The van der Waals surface area contributed by atoms with Gasteiger partial charge in [-0.25, -0.2) is 4.39 Å². The van der Waals surface area contributed by atoms with E-state index in [9.17, 15) is 34.8 Å². The predicted octanol–water partition coefficient (Wildman–Crippen LogP) is 1.13. The second-order valence-corrected chi connectivity index (χ2v) is 11.4. The fourth-order valence-corrected chi connectivity index (χ4v) is 7.25. The van der Waals surface area contributed by atoms with Crippen LogP contribution in [-0.2, 0) is 29.1 Å². The molecule has 6 N–H and O–H groups in total. The van der Waals surface area contributed by atoms with Crippen LogP contribution in [0.2, 0.25) is 0 Å². The van der Waals surface area contributed by atoms with E-state index in [0.29, 0.717) is 30.3 Å². The Morgan fingerprint density at radius 2 is 1.76 bits per heavy atom. The van der Waals surface area contributed by atoms with Gasteiger partial charge in [-0.05, 0) is 45.7 Å². The van der Waals surface area contributed by atoms with E-state index in [4.69, 9.17) is 5.73 Å². The normalized spacial score (nSPS) is 31.2. The summed E-state index contributed by atoms with van der Waals surface area (Å²) in [5.41, 5.74) is 1.99. The Bertz CT molecular complexity index is 1400. The lowest BCUT2D eigenvalue weighted by Crippen LogP contribution is -2.63.